The third-order valence-electron chi connectivity index (χ3n) is 4.96. The monoisotopic (exact) mass is 474 g/mol. The lowest BCUT2D eigenvalue weighted by atomic mass is 10.1. The van der Waals surface area contributed by atoms with Gasteiger partial charge in [0.15, 0.2) is 11.3 Å². The standard InChI is InChI=1S/C24H27ClN2O4S/c1-4-30-20-11-7-8-16-14-21(31-22(16)20)15(2)26-24(29)19(12-13-32-3)27-23(28)17-9-5-6-10-18(17)25/h5-11,14-15,19H,4,12-13H2,1-3H3,(H,26,29)(H,27,28). The number of benzene rings is 2. The Balaban J connectivity index is 1.74. The molecule has 2 amide bonds. The van der Waals surface area contributed by atoms with Crippen molar-refractivity contribution in [1.82, 2.24) is 10.6 Å². The number of nitrogens with one attached hydrogen (secondary N) is 2. The molecular weight excluding hydrogens is 448 g/mol. The molecular formula is C24H27ClN2O4S. The summed E-state index contributed by atoms with van der Waals surface area (Å²) in [6.45, 7) is 4.29. The molecule has 3 aromatic rings. The van der Waals surface area contributed by atoms with Crippen molar-refractivity contribution in [2.24, 2.45) is 0 Å². The summed E-state index contributed by atoms with van der Waals surface area (Å²) < 4.78 is 11.6. The number of halogens is 1. The fourth-order valence-corrected chi connectivity index (χ4v) is 4.00. The Kier molecular flexibility index (Phi) is 8.47. The van der Waals surface area contributed by atoms with E-state index in [-0.39, 0.29) is 11.8 Å². The summed E-state index contributed by atoms with van der Waals surface area (Å²) >= 11 is 7.74. The fraction of sp³-hybridized carbons (Fsp3) is 0.333. The fourth-order valence-electron chi connectivity index (χ4n) is 3.31. The van der Waals surface area contributed by atoms with Gasteiger partial charge < -0.3 is 19.8 Å². The van der Waals surface area contributed by atoms with Crippen LogP contribution in [0.3, 0.4) is 0 Å². The number of amides is 2. The van der Waals surface area contributed by atoms with Gasteiger partial charge in [0.25, 0.3) is 5.91 Å². The Bertz CT molecular complexity index is 1080. The molecule has 0 radical (unpaired) electrons. The molecule has 3 rings (SSSR count). The Morgan fingerprint density at radius 2 is 1.94 bits per heavy atom. The molecule has 32 heavy (non-hydrogen) atoms. The Labute approximate surface area is 197 Å². The van der Waals surface area contributed by atoms with Crippen LogP contribution in [-0.2, 0) is 4.79 Å². The second kappa shape index (κ2) is 11.3. The van der Waals surface area contributed by atoms with Gasteiger partial charge in [0.2, 0.25) is 5.91 Å². The number of rotatable bonds is 10. The third kappa shape index (κ3) is 5.78. The van der Waals surface area contributed by atoms with E-state index < -0.39 is 12.1 Å². The lowest BCUT2D eigenvalue weighted by molar-refractivity contribution is -0.123. The quantitative estimate of drug-likeness (QED) is 0.421. The van der Waals surface area contributed by atoms with E-state index in [1.807, 2.05) is 44.4 Å². The van der Waals surface area contributed by atoms with Crippen LogP contribution in [0.4, 0.5) is 0 Å². The van der Waals surface area contributed by atoms with Crippen molar-refractivity contribution in [2.75, 3.05) is 18.6 Å². The van der Waals surface area contributed by atoms with Crippen molar-refractivity contribution in [3.63, 3.8) is 0 Å². The highest BCUT2D eigenvalue weighted by atomic mass is 35.5. The van der Waals surface area contributed by atoms with Crippen LogP contribution < -0.4 is 15.4 Å². The summed E-state index contributed by atoms with van der Waals surface area (Å²) in [6.07, 6.45) is 2.45. The molecule has 170 valence electrons. The highest BCUT2D eigenvalue weighted by Gasteiger charge is 2.25. The molecule has 0 saturated carbocycles. The van der Waals surface area contributed by atoms with Crippen molar-refractivity contribution in [2.45, 2.75) is 32.4 Å². The molecule has 0 aliphatic carbocycles. The Hall–Kier alpha value is -2.64. The molecule has 1 heterocycles. The molecule has 8 heteroatoms. The minimum atomic E-state index is -0.697. The largest absolute Gasteiger partial charge is 0.490 e. The molecule has 0 fully saturated rings. The van der Waals surface area contributed by atoms with Gasteiger partial charge in [-0.15, -0.1) is 0 Å². The maximum absolute atomic E-state index is 13.0. The van der Waals surface area contributed by atoms with E-state index in [4.69, 9.17) is 20.8 Å². The minimum Gasteiger partial charge on any atom is -0.490 e. The number of fused-ring (bicyclic) bond motifs is 1. The van der Waals surface area contributed by atoms with Gasteiger partial charge in [-0.3, -0.25) is 9.59 Å². The second-order valence-corrected chi connectivity index (χ2v) is 8.67. The van der Waals surface area contributed by atoms with Crippen LogP contribution in [-0.4, -0.2) is 36.5 Å². The van der Waals surface area contributed by atoms with Crippen molar-refractivity contribution >= 4 is 46.1 Å². The van der Waals surface area contributed by atoms with E-state index in [1.165, 1.54) is 0 Å². The van der Waals surface area contributed by atoms with Gasteiger partial charge in [-0.25, -0.2) is 0 Å². The number of hydrogen-bond acceptors (Lipinski definition) is 5. The Morgan fingerprint density at radius 1 is 1.16 bits per heavy atom. The second-order valence-electron chi connectivity index (χ2n) is 7.27. The number of ether oxygens (including phenoxy) is 1. The van der Waals surface area contributed by atoms with Crippen LogP contribution in [0.15, 0.2) is 52.9 Å². The van der Waals surface area contributed by atoms with Crippen molar-refractivity contribution < 1.29 is 18.7 Å². The molecule has 0 aliphatic rings. The molecule has 0 bridgehead atoms. The molecule has 2 atom stereocenters. The lowest BCUT2D eigenvalue weighted by Gasteiger charge is -2.20. The zero-order chi connectivity index (χ0) is 23.1. The van der Waals surface area contributed by atoms with Crippen LogP contribution in [0.1, 0.15) is 42.4 Å². The van der Waals surface area contributed by atoms with Crippen LogP contribution in [0.5, 0.6) is 5.75 Å². The van der Waals surface area contributed by atoms with E-state index in [0.29, 0.717) is 40.7 Å². The third-order valence-corrected chi connectivity index (χ3v) is 5.94. The zero-order valence-electron chi connectivity index (χ0n) is 18.3. The van der Waals surface area contributed by atoms with E-state index >= 15 is 0 Å². The van der Waals surface area contributed by atoms with Gasteiger partial charge in [-0.1, -0.05) is 35.9 Å². The molecule has 0 spiro atoms. The number of carbonyl (C=O) groups is 2. The number of carbonyl (C=O) groups excluding carboxylic acids is 2. The smallest absolute Gasteiger partial charge is 0.253 e. The minimum absolute atomic E-state index is 0.280. The highest BCUT2D eigenvalue weighted by molar-refractivity contribution is 7.98. The average Bonchev–Trinajstić information content (AvgIpc) is 3.22. The Morgan fingerprint density at radius 3 is 2.66 bits per heavy atom. The van der Waals surface area contributed by atoms with Crippen LogP contribution in [0.25, 0.3) is 11.0 Å². The first-order chi connectivity index (χ1) is 15.4. The first kappa shape index (κ1) is 24.0. The van der Waals surface area contributed by atoms with E-state index in [2.05, 4.69) is 10.6 Å². The van der Waals surface area contributed by atoms with Gasteiger partial charge in [0, 0.05) is 5.39 Å². The summed E-state index contributed by atoms with van der Waals surface area (Å²) in [5, 5.41) is 7.02. The van der Waals surface area contributed by atoms with Gasteiger partial charge >= 0.3 is 0 Å². The number of thioether (sulfide) groups is 1. The molecule has 0 saturated heterocycles. The first-order valence-corrected chi connectivity index (χ1v) is 12.2. The van der Waals surface area contributed by atoms with E-state index in [1.54, 1.807) is 36.0 Å². The zero-order valence-corrected chi connectivity index (χ0v) is 19.9. The van der Waals surface area contributed by atoms with E-state index in [9.17, 15) is 9.59 Å². The van der Waals surface area contributed by atoms with Crippen LogP contribution in [0.2, 0.25) is 5.02 Å². The molecule has 2 aromatic carbocycles. The lowest BCUT2D eigenvalue weighted by Crippen LogP contribution is -2.47. The molecule has 0 aliphatic heterocycles. The number of hydrogen-bond donors (Lipinski definition) is 2. The maximum atomic E-state index is 13.0. The molecule has 2 unspecified atom stereocenters. The number of furan rings is 1. The van der Waals surface area contributed by atoms with Gasteiger partial charge in [-0.2, -0.15) is 11.8 Å². The van der Waals surface area contributed by atoms with Crippen molar-refractivity contribution in [3.8, 4) is 5.75 Å². The van der Waals surface area contributed by atoms with Gasteiger partial charge in [0.1, 0.15) is 11.8 Å². The van der Waals surface area contributed by atoms with Crippen LogP contribution in [0, 0.1) is 0 Å². The summed E-state index contributed by atoms with van der Waals surface area (Å²) in [7, 11) is 0. The molecule has 1 aromatic heterocycles. The van der Waals surface area contributed by atoms with Gasteiger partial charge in [0.05, 0.1) is 23.2 Å². The normalized spacial score (nSPS) is 12.9. The summed E-state index contributed by atoms with van der Waals surface area (Å²) in [5.41, 5.74) is 0.987. The predicted molar refractivity (Wildman–Crippen MR) is 130 cm³/mol. The summed E-state index contributed by atoms with van der Waals surface area (Å²) in [6, 6.07) is 13.3. The summed E-state index contributed by atoms with van der Waals surface area (Å²) in [4.78, 5) is 25.7. The molecule has 2 N–H and O–H groups in total. The highest BCUT2D eigenvalue weighted by Crippen LogP contribution is 2.31. The topological polar surface area (TPSA) is 80.6 Å². The van der Waals surface area contributed by atoms with Gasteiger partial charge in [-0.05, 0) is 56.5 Å². The van der Waals surface area contributed by atoms with Crippen molar-refractivity contribution in [3.05, 3.63) is 64.9 Å². The van der Waals surface area contributed by atoms with E-state index in [0.717, 1.165) is 11.1 Å². The summed E-state index contributed by atoms with van der Waals surface area (Å²) in [5.74, 6) is 1.34. The van der Waals surface area contributed by atoms with Crippen LogP contribution >= 0.6 is 23.4 Å². The average molecular weight is 475 g/mol. The SMILES string of the molecule is CCOc1cccc2cc(C(C)NC(=O)C(CCSC)NC(=O)c3ccccc3Cl)oc12. The number of para-hydroxylation sites is 1. The molecule has 6 nitrogen and oxygen atoms in total. The maximum Gasteiger partial charge on any atom is 0.253 e. The predicted octanol–water partition coefficient (Wildman–Crippen LogP) is 5.21. The van der Waals surface area contributed by atoms with Crippen molar-refractivity contribution in [1.29, 1.82) is 0 Å². The first-order valence-electron chi connectivity index (χ1n) is 10.4.